The number of hydrogen-bond donors (Lipinski definition) is 0. The third-order valence-corrected chi connectivity index (χ3v) is 10.1. The lowest BCUT2D eigenvalue weighted by molar-refractivity contribution is 0.673. The summed E-state index contributed by atoms with van der Waals surface area (Å²) in [5, 5.41) is 6.92. The molecule has 0 aliphatic carbocycles. The minimum absolute atomic E-state index is 0.911. The summed E-state index contributed by atoms with van der Waals surface area (Å²) >= 11 is 0. The Balaban J connectivity index is 1.09. The van der Waals surface area contributed by atoms with Crippen LogP contribution in [0.5, 0.6) is 0 Å². The summed E-state index contributed by atoms with van der Waals surface area (Å²) in [6, 6.07) is 66.8. The molecule has 0 saturated heterocycles. The zero-order valence-corrected chi connectivity index (χ0v) is 28.3. The number of fused-ring (bicyclic) bond motifs is 7. The fourth-order valence-electron chi connectivity index (χ4n) is 7.53. The molecular formula is C49H32N2O. The van der Waals surface area contributed by atoms with E-state index < -0.39 is 0 Å². The Kier molecular flexibility index (Phi) is 7.14. The average Bonchev–Trinajstić information content (AvgIpc) is 3.61. The van der Waals surface area contributed by atoms with Crippen LogP contribution in [0.3, 0.4) is 0 Å². The van der Waals surface area contributed by atoms with Crippen molar-refractivity contribution in [2.75, 3.05) is 4.90 Å². The Hall–Kier alpha value is -6.97. The van der Waals surface area contributed by atoms with E-state index in [4.69, 9.17) is 4.42 Å². The van der Waals surface area contributed by atoms with Crippen molar-refractivity contribution in [1.82, 2.24) is 4.98 Å². The first-order valence-electron chi connectivity index (χ1n) is 17.6. The zero-order valence-electron chi connectivity index (χ0n) is 28.3. The van der Waals surface area contributed by atoms with Gasteiger partial charge in [-0.15, -0.1) is 0 Å². The molecule has 10 rings (SSSR count). The van der Waals surface area contributed by atoms with Gasteiger partial charge < -0.3 is 9.32 Å². The number of nitrogens with zero attached hydrogens (tertiary/aromatic N) is 2. The molecule has 2 heterocycles. The van der Waals surface area contributed by atoms with Crippen molar-refractivity contribution in [2.24, 2.45) is 0 Å². The van der Waals surface area contributed by atoms with Crippen molar-refractivity contribution in [3.8, 4) is 33.5 Å². The maximum absolute atomic E-state index is 6.50. The SMILES string of the molecule is c1ccc(-c2cccc(-c3ccc(N(c4ccc(-c5ccccn5)cc4)c4ccc5c(ccc6ccc7c8ccccc8oc7c65)c4)cc3)c2)cc1. The topological polar surface area (TPSA) is 29.3 Å². The molecule has 2 aromatic heterocycles. The number of pyridine rings is 1. The Morgan fingerprint density at radius 2 is 1.00 bits per heavy atom. The molecule has 0 unspecified atom stereocenters. The normalized spacial score (nSPS) is 11.5. The van der Waals surface area contributed by atoms with Crippen molar-refractivity contribution in [3.05, 3.63) is 194 Å². The van der Waals surface area contributed by atoms with Gasteiger partial charge in [0.15, 0.2) is 0 Å². The van der Waals surface area contributed by atoms with Gasteiger partial charge >= 0.3 is 0 Å². The van der Waals surface area contributed by atoms with Crippen LogP contribution in [-0.4, -0.2) is 4.98 Å². The standard InChI is InChI=1S/C49H32N2O/c1-2-9-33(10-3-1)37-11-8-12-38(31-37)34-18-23-40(24-19-34)51(41-25-20-35(21-26-41)46-14-6-7-30-50-46)42-27-29-43-39(32-42)17-16-36-22-28-45-44-13-4-5-15-47(44)52-49(45)48(36)43/h1-32H. The number of aromatic nitrogens is 1. The second-order valence-electron chi connectivity index (χ2n) is 13.2. The van der Waals surface area contributed by atoms with Crippen molar-refractivity contribution in [3.63, 3.8) is 0 Å². The summed E-state index contributed by atoms with van der Waals surface area (Å²) in [6.07, 6.45) is 1.84. The number of hydrogen-bond acceptors (Lipinski definition) is 3. The predicted octanol–water partition coefficient (Wildman–Crippen LogP) is 13.8. The van der Waals surface area contributed by atoms with Gasteiger partial charge in [-0.2, -0.15) is 0 Å². The van der Waals surface area contributed by atoms with E-state index in [1.54, 1.807) is 0 Å². The first-order chi connectivity index (χ1) is 25.8. The number of rotatable bonds is 6. The lowest BCUT2D eigenvalue weighted by Gasteiger charge is -2.26. The Morgan fingerprint density at radius 1 is 0.385 bits per heavy atom. The highest BCUT2D eigenvalue weighted by atomic mass is 16.3. The Morgan fingerprint density at radius 3 is 1.77 bits per heavy atom. The number of furan rings is 1. The van der Waals surface area contributed by atoms with Crippen LogP contribution in [0.15, 0.2) is 199 Å². The summed E-state index contributed by atoms with van der Waals surface area (Å²) in [4.78, 5) is 6.91. The molecule has 244 valence electrons. The molecule has 0 amide bonds. The molecule has 0 aliphatic heterocycles. The second kappa shape index (κ2) is 12.4. The van der Waals surface area contributed by atoms with Crippen LogP contribution < -0.4 is 4.90 Å². The van der Waals surface area contributed by atoms with Crippen LogP contribution >= 0.6 is 0 Å². The number of benzene rings is 8. The van der Waals surface area contributed by atoms with Crippen LogP contribution in [-0.2, 0) is 0 Å². The molecular weight excluding hydrogens is 633 g/mol. The summed E-state index contributed by atoms with van der Waals surface area (Å²) in [7, 11) is 0. The van der Waals surface area contributed by atoms with Crippen molar-refractivity contribution in [1.29, 1.82) is 0 Å². The molecule has 0 radical (unpaired) electrons. The first-order valence-corrected chi connectivity index (χ1v) is 17.6. The molecule has 10 aromatic rings. The molecule has 0 spiro atoms. The highest BCUT2D eigenvalue weighted by Gasteiger charge is 2.17. The fraction of sp³-hybridized carbons (Fsp3) is 0. The maximum atomic E-state index is 6.50. The van der Waals surface area contributed by atoms with E-state index in [-0.39, 0.29) is 0 Å². The minimum atomic E-state index is 0.911. The first kappa shape index (κ1) is 29.9. The summed E-state index contributed by atoms with van der Waals surface area (Å²) in [5.41, 5.74) is 11.9. The van der Waals surface area contributed by atoms with Crippen LogP contribution in [0.2, 0.25) is 0 Å². The van der Waals surface area contributed by atoms with Gasteiger partial charge in [-0.3, -0.25) is 4.98 Å². The van der Waals surface area contributed by atoms with Crippen LogP contribution in [0.25, 0.3) is 77.0 Å². The lowest BCUT2D eigenvalue weighted by atomic mass is 9.98. The third-order valence-electron chi connectivity index (χ3n) is 10.1. The number of para-hydroxylation sites is 1. The van der Waals surface area contributed by atoms with Crippen molar-refractivity contribution >= 4 is 60.5 Å². The quantitative estimate of drug-likeness (QED) is 0.166. The largest absolute Gasteiger partial charge is 0.455 e. The lowest BCUT2D eigenvalue weighted by Crippen LogP contribution is -2.10. The molecule has 0 saturated carbocycles. The van der Waals surface area contributed by atoms with Gasteiger partial charge in [-0.25, -0.2) is 0 Å². The Bertz CT molecular complexity index is 2880. The summed E-state index contributed by atoms with van der Waals surface area (Å²) in [6.45, 7) is 0. The van der Waals surface area contributed by atoms with E-state index in [2.05, 4.69) is 168 Å². The molecule has 0 atom stereocenters. The van der Waals surface area contributed by atoms with E-state index in [9.17, 15) is 0 Å². The minimum Gasteiger partial charge on any atom is -0.455 e. The van der Waals surface area contributed by atoms with Crippen LogP contribution in [0, 0.1) is 0 Å². The predicted molar refractivity (Wildman–Crippen MR) is 218 cm³/mol. The Labute approximate surface area is 301 Å². The molecule has 0 bridgehead atoms. The van der Waals surface area contributed by atoms with Gasteiger partial charge in [-0.1, -0.05) is 121 Å². The highest BCUT2D eigenvalue weighted by molar-refractivity contribution is 6.23. The van der Waals surface area contributed by atoms with E-state index in [1.165, 1.54) is 33.0 Å². The van der Waals surface area contributed by atoms with Gasteiger partial charge in [0.25, 0.3) is 0 Å². The van der Waals surface area contributed by atoms with Gasteiger partial charge in [0.2, 0.25) is 0 Å². The van der Waals surface area contributed by atoms with Gasteiger partial charge in [0, 0.05) is 45.0 Å². The third kappa shape index (κ3) is 5.19. The van der Waals surface area contributed by atoms with Crippen molar-refractivity contribution in [2.45, 2.75) is 0 Å². The van der Waals surface area contributed by atoms with Crippen LogP contribution in [0.4, 0.5) is 17.1 Å². The van der Waals surface area contributed by atoms with Gasteiger partial charge in [0.1, 0.15) is 11.2 Å². The molecule has 0 N–H and O–H groups in total. The molecule has 0 aliphatic rings. The summed E-state index contributed by atoms with van der Waals surface area (Å²) in [5.74, 6) is 0. The zero-order chi connectivity index (χ0) is 34.4. The molecule has 8 aromatic carbocycles. The molecule has 3 nitrogen and oxygen atoms in total. The average molecular weight is 665 g/mol. The van der Waals surface area contributed by atoms with Gasteiger partial charge in [-0.05, 0) is 105 Å². The highest BCUT2D eigenvalue weighted by Crippen LogP contribution is 2.41. The smallest absolute Gasteiger partial charge is 0.143 e. The summed E-state index contributed by atoms with van der Waals surface area (Å²) < 4.78 is 6.50. The van der Waals surface area contributed by atoms with E-state index in [0.29, 0.717) is 0 Å². The molecule has 0 fully saturated rings. The monoisotopic (exact) mass is 664 g/mol. The van der Waals surface area contributed by atoms with E-state index >= 15 is 0 Å². The number of anilines is 3. The fourth-order valence-corrected chi connectivity index (χ4v) is 7.53. The maximum Gasteiger partial charge on any atom is 0.143 e. The second-order valence-corrected chi connectivity index (χ2v) is 13.2. The van der Waals surface area contributed by atoms with Crippen LogP contribution in [0.1, 0.15) is 0 Å². The van der Waals surface area contributed by atoms with E-state index in [0.717, 1.165) is 61.0 Å². The molecule has 3 heteroatoms. The van der Waals surface area contributed by atoms with E-state index in [1.807, 2.05) is 36.5 Å². The van der Waals surface area contributed by atoms with Crippen molar-refractivity contribution < 1.29 is 4.42 Å². The van der Waals surface area contributed by atoms with Gasteiger partial charge in [0.05, 0.1) is 5.69 Å². The molecule has 52 heavy (non-hydrogen) atoms.